The molecule has 37 heavy (non-hydrogen) atoms. The van der Waals surface area contributed by atoms with Crippen molar-refractivity contribution < 1.29 is 35.9 Å². The highest BCUT2D eigenvalue weighted by molar-refractivity contribution is 7.92. The lowest BCUT2D eigenvalue weighted by atomic mass is 9.92. The maximum absolute atomic E-state index is 14.1. The number of ether oxygens (including phenoxy) is 2. The van der Waals surface area contributed by atoms with E-state index in [0.717, 1.165) is 21.5 Å². The van der Waals surface area contributed by atoms with Gasteiger partial charge in [-0.05, 0) is 49.4 Å². The second kappa shape index (κ2) is 10.8. The molecule has 0 saturated carbocycles. The number of carbonyl (C=O) groups is 1. The Morgan fingerprint density at radius 2 is 1.54 bits per heavy atom. The number of fused-ring (bicyclic) bond motifs is 1. The van der Waals surface area contributed by atoms with Crippen molar-refractivity contribution in [1.29, 1.82) is 0 Å². The van der Waals surface area contributed by atoms with Gasteiger partial charge in [0.05, 0.1) is 17.2 Å². The van der Waals surface area contributed by atoms with Crippen LogP contribution in [0.25, 0.3) is 0 Å². The summed E-state index contributed by atoms with van der Waals surface area (Å²) < 4.78 is 80.7. The van der Waals surface area contributed by atoms with E-state index in [2.05, 4.69) is 0 Å². The molecule has 2 atom stereocenters. The lowest BCUT2D eigenvalue weighted by Gasteiger charge is -2.31. The van der Waals surface area contributed by atoms with Crippen molar-refractivity contribution in [3.05, 3.63) is 95.6 Å². The van der Waals surface area contributed by atoms with E-state index in [4.69, 9.17) is 9.47 Å². The van der Waals surface area contributed by atoms with E-state index in [-0.39, 0.29) is 42.5 Å². The van der Waals surface area contributed by atoms with Crippen LogP contribution in [0, 0.1) is 6.92 Å². The summed E-state index contributed by atoms with van der Waals surface area (Å²) in [7, 11) is -4.27. The minimum absolute atomic E-state index is 0.0554. The third-order valence-electron chi connectivity index (χ3n) is 6.25. The summed E-state index contributed by atoms with van der Waals surface area (Å²) in [6, 6.07) is 20.5. The number of sulfonamides is 1. The van der Waals surface area contributed by atoms with Crippen LogP contribution >= 0.6 is 0 Å². The van der Waals surface area contributed by atoms with Gasteiger partial charge in [0.25, 0.3) is 10.0 Å². The summed E-state index contributed by atoms with van der Waals surface area (Å²) in [6.07, 6.45) is -8.65. The molecule has 0 radical (unpaired) electrons. The molecule has 10 heteroatoms. The molecule has 1 aliphatic rings. The summed E-state index contributed by atoms with van der Waals surface area (Å²) in [6.45, 7) is 1.51. The largest absolute Gasteiger partial charge is 0.509 e. The number of benzene rings is 3. The van der Waals surface area contributed by atoms with E-state index >= 15 is 0 Å². The molecule has 1 heterocycles. The van der Waals surface area contributed by atoms with Crippen molar-refractivity contribution in [2.75, 3.05) is 17.5 Å². The number of nitrogens with zero attached hydrogens (tertiary/aromatic N) is 1. The zero-order chi connectivity index (χ0) is 26.6. The lowest BCUT2D eigenvalue weighted by Crippen LogP contribution is -2.36. The van der Waals surface area contributed by atoms with Crippen LogP contribution in [0.4, 0.5) is 23.7 Å². The molecule has 4 rings (SSSR count). The number of alkyl halides is 3. The Bertz CT molecular complexity index is 1330. The molecule has 0 fully saturated rings. The van der Waals surface area contributed by atoms with Crippen LogP contribution < -0.4 is 4.31 Å². The first-order chi connectivity index (χ1) is 17.6. The van der Waals surface area contributed by atoms with Crippen molar-refractivity contribution in [3.63, 3.8) is 0 Å². The molecule has 3 aromatic carbocycles. The Morgan fingerprint density at radius 1 is 0.892 bits per heavy atom. The number of para-hydroxylation sites is 1. The molecule has 0 aliphatic carbocycles. The molecule has 196 valence electrons. The van der Waals surface area contributed by atoms with Gasteiger partial charge in [0.15, 0.2) is 0 Å². The molecule has 0 aromatic heterocycles. The maximum atomic E-state index is 14.1. The standard InChI is InChI=1S/C27H26F3NO5S/c1-19-11-13-22(14-12-19)37(33,34)31-17-15-21(20-7-3-2-4-8-20)16-18-35-26(32)36-25(27(28,29)30)23-9-5-6-10-24(23)31/h2-14,21,25H,15-18H2,1H3/t21?,25-/m1/s1. The Hall–Kier alpha value is -3.53. The fourth-order valence-corrected chi connectivity index (χ4v) is 5.85. The van der Waals surface area contributed by atoms with Gasteiger partial charge >= 0.3 is 12.3 Å². The minimum Gasteiger partial charge on any atom is -0.434 e. The van der Waals surface area contributed by atoms with Crippen LogP contribution in [-0.4, -0.2) is 33.9 Å². The number of hydrogen-bond donors (Lipinski definition) is 0. The summed E-state index contributed by atoms with van der Waals surface area (Å²) >= 11 is 0. The topological polar surface area (TPSA) is 72.9 Å². The summed E-state index contributed by atoms with van der Waals surface area (Å²) in [5.74, 6) is -0.227. The normalized spacial score (nSPS) is 19.6. The van der Waals surface area contributed by atoms with E-state index in [9.17, 15) is 26.4 Å². The number of aryl methyl sites for hydroxylation is 1. The van der Waals surface area contributed by atoms with Crippen molar-refractivity contribution in [2.24, 2.45) is 0 Å². The molecule has 0 spiro atoms. The number of anilines is 1. The first-order valence-electron chi connectivity index (χ1n) is 11.7. The van der Waals surface area contributed by atoms with Gasteiger partial charge in [0, 0.05) is 12.1 Å². The van der Waals surface area contributed by atoms with Gasteiger partial charge in [0.2, 0.25) is 6.10 Å². The molecule has 1 aliphatic heterocycles. The Morgan fingerprint density at radius 3 is 2.22 bits per heavy atom. The molecule has 0 saturated heterocycles. The number of cyclic esters (lactones) is 2. The summed E-state index contributed by atoms with van der Waals surface area (Å²) in [4.78, 5) is 12.2. The molecular weight excluding hydrogens is 507 g/mol. The second-order valence-electron chi connectivity index (χ2n) is 8.77. The predicted molar refractivity (Wildman–Crippen MR) is 132 cm³/mol. The smallest absolute Gasteiger partial charge is 0.434 e. The highest BCUT2D eigenvalue weighted by atomic mass is 32.2. The molecule has 0 amide bonds. The van der Waals surface area contributed by atoms with Gasteiger partial charge in [-0.15, -0.1) is 0 Å². The molecule has 6 nitrogen and oxygen atoms in total. The van der Waals surface area contributed by atoms with Gasteiger partial charge in [-0.2, -0.15) is 13.2 Å². The summed E-state index contributed by atoms with van der Waals surface area (Å²) in [5.41, 5.74) is 1.01. The Labute approximate surface area is 213 Å². The first-order valence-corrected chi connectivity index (χ1v) is 13.1. The highest BCUT2D eigenvalue weighted by Gasteiger charge is 2.47. The van der Waals surface area contributed by atoms with Gasteiger partial charge in [0.1, 0.15) is 0 Å². The van der Waals surface area contributed by atoms with Crippen LogP contribution in [0.1, 0.15) is 41.6 Å². The van der Waals surface area contributed by atoms with E-state index in [1.807, 2.05) is 30.3 Å². The number of rotatable bonds is 3. The molecule has 3 aromatic rings. The van der Waals surface area contributed by atoms with Crippen LogP contribution in [-0.2, 0) is 19.5 Å². The predicted octanol–water partition coefficient (Wildman–Crippen LogP) is 6.52. The lowest BCUT2D eigenvalue weighted by molar-refractivity contribution is -0.211. The first kappa shape index (κ1) is 26.5. The van der Waals surface area contributed by atoms with E-state index in [0.29, 0.717) is 0 Å². The number of hydrogen-bond acceptors (Lipinski definition) is 5. The van der Waals surface area contributed by atoms with Crippen molar-refractivity contribution >= 4 is 21.9 Å². The van der Waals surface area contributed by atoms with Crippen molar-refractivity contribution in [3.8, 4) is 0 Å². The third kappa shape index (κ3) is 6.07. The quantitative estimate of drug-likeness (QED) is 0.358. The maximum Gasteiger partial charge on any atom is 0.509 e. The fraction of sp³-hybridized carbons (Fsp3) is 0.296. The van der Waals surface area contributed by atoms with Gasteiger partial charge in [-0.3, -0.25) is 4.31 Å². The van der Waals surface area contributed by atoms with Crippen molar-refractivity contribution in [1.82, 2.24) is 0 Å². The van der Waals surface area contributed by atoms with Crippen LogP contribution in [0.5, 0.6) is 0 Å². The Kier molecular flexibility index (Phi) is 7.77. The third-order valence-corrected chi connectivity index (χ3v) is 8.07. The second-order valence-corrected chi connectivity index (χ2v) is 10.6. The van der Waals surface area contributed by atoms with Crippen LogP contribution in [0.15, 0.2) is 83.8 Å². The van der Waals surface area contributed by atoms with Crippen LogP contribution in [0.3, 0.4) is 0 Å². The van der Waals surface area contributed by atoms with Gasteiger partial charge < -0.3 is 9.47 Å². The van der Waals surface area contributed by atoms with Gasteiger partial charge in [-0.25, -0.2) is 13.2 Å². The molecule has 1 unspecified atom stereocenters. The SMILES string of the molecule is Cc1ccc(S(=O)(=O)N2CCC(c3ccccc3)CCOC(=O)O[C@@H](C(F)(F)F)c3ccccc32)cc1. The molecule has 0 bridgehead atoms. The van der Waals surface area contributed by atoms with Gasteiger partial charge in [-0.1, -0.05) is 66.2 Å². The molecular formula is C27H26F3NO5S. The van der Waals surface area contributed by atoms with E-state index in [1.165, 1.54) is 30.3 Å². The molecule has 0 N–H and O–H groups in total. The average Bonchev–Trinajstić information content (AvgIpc) is 2.86. The van der Waals surface area contributed by atoms with E-state index in [1.54, 1.807) is 19.1 Å². The highest BCUT2D eigenvalue weighted by Crippen LogP contribution is 2.42. The van der Waals surface area contributed by atoms with Crippen molar-refractivity contribution in [2.45, 2.75) is 42.9 Å². The zero-order valence-corrected chi connectivity index (χ0v) is 20.8. The fourth-order valence-electron chi connectivity index (χ4n) is 4.34. The average molecular weight is 534 g/mol. The monoisotopic (exact) mass is 533 g/mol. The zero-order valence-electron chi connectivity index (χ0n) is 20.0. The van der Waals surface area contributed by atoms with E-state index < -0.39 is 34.0 Å². The minimum atomic E-state index is -5.01. The summed E-state index contributed by atoms with van der Waals surface area (Å²) in [5, 5.41) is 0. The van der Waals surface area contributed by atoms with Crippen LogP contribution in [0.2, 0.25) is 0 Å². The number of carbonyl (C=O) groups excluding carboxylic acids is 1. The Balaban J connectivity index is 1.86. The number of halogens is 3.